The van der Waals surface area contributed by atoms with E-state index in [1.165, 1.54) is 0 Å². The molecule has 120 valence electrons. The predicted molar refractivity (Wildman–Crippen MR) is 95.6 cm³/mol. The summed E-state index contributed by atoms with van der Waals surface area (Å²) in [6.45, 7) is 2.04. The molecule has 4 aromatic rings. The van der Waals surface area contributed by atoms with Crippen molar-refractivity contribution in [2.45, 2.75) is 6.92 Å². The number of carbonyl (C=O) groups is 1. The Bertz CT molecular complexity index is 1120. The number of aromatic nitrogens is 2. The number of pyridine rings is 1. The molecule has 4 rings (SSSR count). The Hall–Kier alpha value is -2.79. The van der Waals surface area contributed by atoms with Crippen LogP contribution in [0, 0.1) is 0 Å². The number of nitrogen functional groups attached to an aromatic ring is 1. The summed E-state index contributed by atoms with van der Waals surface area (Å²) in [6.07, 6.45) is 0. The van der Waals surface area contributed by atoms with E-state index in [0.29, 0.717) is 27.4 Å². The summed E-state index contributed by atoms with van der Waals surface area (Å²) >= 11 is 6.17. The molecule has 0 radical (unpaired) electrons. The molecule has 0 aliphatic carbocycles. The number of anilines is 1. The number of para-hydroxylation sites is 2. The maximum Gasteiger partial charge on any atom is 0.342 e. The first-order valence-corrected chi connectivity index (χ1v) is 7.94. The Labute approximate surface area is 142 Å². The van der Waals surface area contributed by atoms with Crippen LogP contribution in [0.3, 0.4) is 0 Å². The number of carbonyl (C=O) groups excluding carboxylic acids is 1. The van der Waals surface area contributed by atoms with Gasteiger partial charge in [-0.3, -0.25) is 4.40 Å². The number of hydrogen-bond acceptors (Lipinski definition) is 4. The van der Waals surface area contributed by atoms with E-state index >= 15 is 0 Å². The molecule has 0 aliphatic rings. The highest BCUT2D eigenvalue weighted by Gasteiger charge is 2.22. The maximum atomic E-state index is 12.5. The van der Waals surface area contributed by atoms with E-state index in [1.54, 1.807) is 29.5 Å². The molecule has 6 heteroatoms. The number of fused-ring (bicyclic) bond motifs is 5. The van der Waals surface area contributed by atoms with E-state index in [9.17, 15) is 4.79 Å². The van der Waals surface area contributed by atoms with Crippen molar-refractivity contribution >= 4 is 50.8 Å². The SMILES string of the molecule is CCOC(=O)c1c(N)n2c3ccccc3nc2c2cc(Cl)ccc12. The third-order valence-corrected chi connectivity index (χ3v) is 4.26. The van der Waals surface area contributed by atoms with Crippen LogP contribution >= 0.6 is 11.6 Å². The molecule has 2 heterocycles. The van der Waals surface area contributed by atoms with Crippen LogP contribution in [0.2, 0.25) is 5.02 Å². The van der Waals surface area contributed by atoms with Gasteiger partial charge in [0.15, 0.2) is 0 Å². The Balaban J connectivity index is 2.26. The Morgan fingerprint density at radius 1 is 1.25 bits per heavy atom. The molecule has 2 N–H and O–H groups in total. The van der Waals surface area contributed by atoms with Crippen molar-refractivity contribution < 1.29 is 9.53 Å². The number of esters is 1. The first-order chi connectivity index (χ1) is 11.6. The molecular formula is C18H14ClN3O2. The van der Waals surface area contributed by atoms with Crippen LogP contribution in [0.15, 0.2) is 42.5 Å². The highest BCUT2D eigenvalue weighted by atomic mass is 35.5. The molecule has 0 amide bonds. The maximum absolute atomic E-state index is 12.5. The quantitative estimate of drug-likeness (QED) is 0.559. The van der Waals surface area contributed by atoms with Gasteiger partial charge in [-0.1, -0.05) is 29.8 Å². The molecule has 2 aromatic carbocycles. The monoisotopic (exact) mass is 339 g/mol. The Kier molecular flexibility index (Phi) is 3.32. The second kappa shape index (κ2) is 5.39. The van der Waals surface area contributed by atoms with Gasteiger partial charge in [0, 0.05) is 15.8 Å². The van der Waals surface area contributed by atoms with Gasteiger partial charge in [-0.05, 0) is 31.2 Å². The number of nitrogens with zero attached hydrogens (tertiary/aromatic N) is 2. The Morgan fingerprint density at radius 3 is 2.83 bits per heavy atom. The zero-order valence-electron chi connectivity index (χ0n) is 12.9. The molecular weight excluding hydrogens is 326 g/mol. The molecule has 2 aromatic heterocycles. The van der Waals surface area contributed by atoms with Crippen LogP contribution in [0.25, 0.3) is 27.5 Å². The molecule has 0 spiro atoms. The lowest BCUT2D eigenvalue weighted by Gasteiger charge is -2.13. The fourth-order valence-electron chi connectivity index (χ4n) is 3.04. The molecule has 0 saturated carbocycles. The van der Waals surface area contributed by atoms with E-state index in [0.717, 1.165) is 16.4 Å². The van der Waals surface area contributed by atoms with Crippen molar-refractivity contribution in [3.63, 3.8) is 0 Å². The summed E-state index contributed by atoms with van der Waals surface area (Å²) in [6, 6.07) is 12.9. The van der Waals surface area contributed by atoms with Gasteiger partial charge in [0.1, 0.15) is 17.0 Å². The van der Waals surface area contributed by atoms with Gasteiger partial charge in [-0.2, -0.15) is 0 Å². The molecule has 5 nitrogen and oxygen atoms in total. The lowest BCUT2D eigenvalue weighted by molar-refractivity contribution is 0.0529. The largest absolute Gasteiger partial charge is 0.462 e. The van der Waals surface area contributed by atoms with Gasteiger partial charge >= 0.3 is 5.97 Å². The smallest absolute Gasteiger partial charge is 0.342 e. The third-order valence-electron chi connectivity index (χ3n) is 4.03. The van der Waals surface area contributed by atoms with Gasteiger partial charge in [0.05, 0.1) is 17.6 Å². The average molecular weight is 340 g/mol. The highest BCUT2D eigenvalue weighted by molar-refractivity contribution is 6.32. The van der Waals surface area contributed by atoms with Crippen LogP contribution < -0.4 is 5.73 Å². The number of rotatable bonds is 2. The van der Waals surface area contributed by atoms with Gasteiger partial charge < -0.3 is 10.5 Å². The summed E-state index contributed by atoms with van der Waals surface area (Å²) < 4.78 is 6.98. The number of hydrogen-bond donors (Lipinski definition) is 1. The Morgan fingerprint density at radius 2 is 2.04 bits per heavy atom. The summed E-state index contributed by atoms with van der Waals surface area (Å²) in [4.78, 5) is 17.2. The van der Waals surface area contributed by atoms with Crippen molar-refractivity contribution in [2.75, 3.05) is 12.3 Å². The zero-order chi connectivity index (χ0) is 16.8. The first-order valence-electron chi connectivity index (χ1n) is 7.57. The molecule has 0 aliphatic heterocycles. The summed E-state index contributed by atoms with van der Waals surface area (Å²) in [5, 5.41) is 2.00. The molecule has 0 atom stereocenters. The van der Waals surface area contributed by atoms with Crippen LogP contribution in [0.4, 0.5) is 5.82 Å². The van der Waals surface area contributed by atoms with Gasteiger partial charge in [0.25, 0.3) is 0 Å². The predicted octanol–water partition coefficient (Wildman–Crippen LogP) is 4.05. The highest BCUT2D eigenvalue weighted by Crippen LogP contribution is 2.33. The summed E-state index contributed by atoms with van der Waals surface area (Å²) in [7, 11) is 0. The molecule has 24 heavy (non-hydrogen) atoms. The third kappa shape index (κ3) is 2.02. The van der Waals surface area contributed by atoms with Crippen molar-refractivity contribution in [1.29, 1.82) is 0 Å². The number of ether oxygens (including phenoxy) is 1. The lowest BCUT2D eigenvalue weighted by Crippen LogP contribution is -2.12. The minimum Gasteiger partial charge on any atom is -0.462 e. The van der Waals surface area contributed by atoms with Crippen LogP contribution in [0.5, 0.6) is 0 Å². The number of halogens is 1. The minimum absolute atomic E-state index is 0.274. The van der Waals surface area contributed by atoms with Gasteiger partial charge in [0.2, 0.25) is 0 Å². The van der Waals surface area contributed by atoms with Gasteiger partial charge in [-0.25, -0.2) is 9.78 Å². The number of nitrogens with two attached hydrogens (primary N) is 1. The van der Waals surface area contributed by atoms with Crippen molar-refractivity contribution in [1.82, 2.24) is 9.38 Å². The zero-order valence-corrected chi connectivity index (χ0v) is 13.7. The van der Waals surface area contributed by atoms with E-state index in [-0.39, 0.29) is 6.61 Å². The molecule has 0 saturated heterocycles. The van der Waals surface area contributed by atoms with Gasteiger partial charge in [-0.15, -0.1) is 0 Å². The van der Waals surface area contributed by atoms with Crippen LogP contribution in [0.1, 0.15) is 17.3 Å². The average Bonchev–Trinajstić information content (AvgIpc) is 2.96. The van der Waals surface area contributed by atoms with E-state index in [2.05, 4.69) is 4.98 Å². The summed E-state index contributed by atoms with van der Waals surface area (Å²) in [5.74, 6) is -0.144. The standard InChI is InChI=1S/C18H14ClN3O2/c1-2-24-18(23)15-11-8-7-10(19)9-12(11)17-21-13-5-3-4-6-14(13)22(17)16(15)20/h3-9H,2,20H2,1H3. The minimum atomic E-state index is -0.456. The van der Waals surface area contributed by atoms with E-state index < -0.39 is 5.97 Å². The van der Waals surface area contributed by atoms with Crippen LogP contribution in [-0.4, -0.2) is 22.0 Å². The molecule has 0 fully saturated rings. The molecule has 0 unspecified atom stereocenters. The fraction of sp³-hybridized carbons (Fsp3) is 0.111. The second-order valence-corrected chi connectivity index (χ2v) is 5.87. The van der Waals surface area contributed by atoms with Crippen molar-refractivity contribution in [2.24, 2.45) is 0 Å². The summed E-state index contributed by atoms with van der Waals surface area (Å²) in [5.41, 5.74) is 8.98. The normalized spacial score (nSPS) is 11.4. The van der Waals surface area contributed by atoms with Crippen LogP contribution in [-0.2, 0) is 4.74 Å². The first kappa shape index (κ1) is 14.8. The van der Waals surface area contributed by atoms with E-state index in [1.807, 2.05) is 24.3 Å². The lowest BCUT2D eigenvalue weighted by atomic mass is 10.1. The van der Waals surface area contributed by atoms with Crippen molar-refractivity contribution in [3.8, 4) is 0 Å². The van der Waals surface area contributed by atoms with Crippen molar-refractivity contribution in [3.05, 3.63) is 53.1 Å². The fourth-order valence-corrected chi connectivity index (χ4v) is 3.21. The topological polar surface area (TPSA) is 69.6 Å². The number of imidazole rings is 1. The second-order valence-electron chi connectivity index (χ2n) is 5.43. The van der Waals surface area contributed by atoms with E-state index in [4.69, 9.17) is 22.1 Å². The molecule has 0 bridgehead atoms. The number of benzene rings is 2.